The average Bonchev–Trinajstić information content (AvgIpc) is 3.30. The number of pyridine rings is 1. The molecule has 0 saturated heterocycles. The van der Waals surface area contributed by atoms with Crippen molar-refractivity contribution in [2.45, 2.75) is 18.9 Å². The predicted octanol–water partition coefficient (Wildman–Crippen LogP) is 2.82. The fraction of sp³-hybridized carbons (Fsp3) is 0.294. The van der Waals surface area contributed by atoms with Crippen molar-refractivity contribution in [2.24, 2.45) is 0 Å². The van der Waals surface area contributed by atoms with Crippen LogP contribution in [0.1, 0.15) is 18.9 Å². The van der Waals surface area contributed by atoms with Gasteiger partial charge in [-0.25, -0.2) is 0 Å². The summed E-state index contributed by atoms with van der Waals surface area (Å²) in [5.74, 6) is 0. The van der Waals surface area contributed by atoms with E-state index in [0.29, 0.717) is 6.04 Å². The lowest BCUT2D eigenvalue weighted by Gasteiger charge is -2.16. The molecule has 0 amide bonds. The highest BCUT2D eigenvalue weighted by Gasteiger charge is 2.28. The van der Waals surface area contributed by atoms with Gasteiger partial charge in [-0.3, -0.25) is 14.0 Å². The van der Waals surface area contributed by atoms with E-state index < -0.39 is 0 Å². The van der Waals surface area contributed by atoms with E-state index in [2.05, 4.69) is 8.94 Å². The van der Waals surface area contributed by atoms with Gasteiger partial charge in [0.15, 0.2) is 5.43 Å². The van der Waals surface area contributed by atoms with Crippen LogP contribution >= 0.6 is 11.5 Å². The first-order valence-corrected chi connectivity index (χ1v) is 8.42. The SMILES string of the molecule is CN(C)c1ccc(-c2cc(=O)c3c(=O)[nH]sc3n2C2CC2)cc1. The highest BCUT2D eigenvalue weighted by Crippen LogP contribution is 2.40. The van der Waals surface area contributed by atoms with Gasteiger partial charge < -0.3 is 9.47 Å². The van der Waals surface area contributed by atoms with E-state index in [0.717, 1.165) is 34.6 Å². The molecule has 1 N–H and O–H groups in total. The van der Waals surface area contributed by atoms with Crippen LogP contribution in [0.3, 0.4) is 0 Å². The normalized spacial score (nSPS) is 14.3. The van der Waals surface area contributed by atoms with Gasteiger partial charge in [-0.1, -0.05) is 12.1 Å². The number of fused-ring (bicyclic) bond motifs is 1. The topological polar surface area (TPSA) is 58.1 Å². The molecule has 0 radical (unpaired) electrons. The first-order chi connectivity index (χ1) is 11.1. The second-order valence-electron chi connectivity index (χ2n) is 6.15. The molecule has 4 rings (SSSR count). The Labute approximate surface area is 137 Å². The molecular weight excluding hydrogens is 310 g/mol. The third-order valence-corrected chi connectivity index (χ3v) is 5.15. The first-order valence-electron chi connectivity index (χ1n) is 7.61. The number of aromatic amines is 1. The Bertz CT molecular complexity index is 991. The Morgan fingerprint density at radius 3 is 2.48 bits per heavy atom. The van der Waals surface area contributed by atoms with Gasteiger partial charge in [0, 0.05) is 31.9 Å². The van der Waals surface area contributed by atoms with E-state index >= 15 is 0 Å². The molecule has 2 aromatic heterocycles. The highest BCUT2D eigenvalue weighted by atomic mass is 32.1. The van der Waals surface area contributed by atoms with Crippen LogP contribution < -0.4 is 15.9 Å². The molecule has 118 valence electrons. The minimum Gasteiger partial charge on any atom is -0.378 e. The van der Waals surface area contributed by atoms with Gasteiger partial charge in [-0.05, 0) is 42.1 Å². The number of aromatic nitrogens is 2. The fourth-order valence-corrected chi connectivity index (χ4v) is 3.84. The zero-order chi connectivity index (χ0) is 16.1. The van der Waals surface area contributed by atoms with Crippen molar-refractivity contribution in [3.63, 3.8) is 0 Å². The molecule has 0 unspecified atom stereocenters. The fourth-order valence-electron chi connectivity index (χ4n) is 2.90. The summed E-state index contributed by atoms with van der Waals surface area (Å²) in [6.07, 6.45) is 2.18. The number of nitrogens with one attached hydrogen (secondary N) is 1. The molecule has 0 aliphatic heterocycles. The molecule has 1 saturated carbocycles. The maximum absolute atomic E-state index is 12.4. The third kappa shape index (κ3) is 2.30. The monoisotopic (exact) mass is 327 g/mol. The van der Waals surface area contributed by atoms with Crippen LogP contribution in [0, 0.1) is 0 Å². The Morgan fingerprint density at radius 1 is 1.17 bits per heavy atom. The number of rotatable bonds is 3. The standard InChI is InChI=1S/C17H17N3O2S/c1-19(2)11-5-3-10(4-6-11)13-9-14(21)15-16(22)18-23-17(15)20(13)12-7-8-12/h3-6,9,12H,7-8H2,1-2H3,(H,18,22). The van der Waals surface area contributed by atoms with Crippen LogP contribution in [0.25, 0.3) is 21.5 Å². The van der Waals surface area contributed by atoms with Gasteiger partial charge in [0.1, 0.15) is 10.2 Å². The zero-order valence-electron chi connectivity index (χ0n) is 13.0. The molecule has 6 heteroatoms. The van der Waals surface area contributed by atoms with Crippen molar-refractivity contribution in [3.05, 3.63) is 50.9 Å². The van der Waals surface area contributed by atoms with Crippen molar-refractivity contribution in [3.8, 4) is 11.3 Å². The molecular formula is C17H17N3O2S. The van der Waals surface area contributed by atoms with Crippen molar-refractivity contribution < 1.29 is 0 Å². The van der Waals surface area contributed by atoms with E-state index in [1.807, 2.05) is 43.3 Å². The summed E-state index contributed by atoms with van der Waals surface area (Å²) in [5.41, 5.74) is 2.53. The predicted molar refractivity (Wildman–Crippen MR) is 94.7 cm³/mol. The zero-order valence-corrected chi connectivity index (χ0v) is 13.8. The van der Waals surface area contributed by atoms with Crippen LogP contribution in [0.5, 0.6) is 0 Å². The van der Waals surface area contributed by atoms with Gasteiger partial charge >= 0.3 is 0 Å². The molecule has 1 aromatic carbocycles. The summed E-state index contributed by atoms with van der Waals surface area (Å²) in [6, 6.07) is 10.1. The largest absolute Gasteiger partial charge is 0.378 e. The van der Waals surface area contributed by atoms with Gasteiger partial charge in [-0.15, -0.1) is 0 Å². The molecule has 5 nitrogen and oxygen atoms in total. The number of benzene rings is 1. The molecule has 0 bridgehead atoms. The Morgan fingerprint density at radius 2 is 1.87 bits per heavy atom. The Balaban J connectivity index is 1.97. The van der Waals surface area contributed by atoms with Crippen LogP contribution in [-0.2, 0) is 0 Å². The number of anilines is 1. The van der Waals surface area contributed by atoms with E-state index in [1.54, 1.807) is 6.07 Å². The van der Waals surface area contributed by atoms with Gasteiger partial charge in [0.25, 0.3) is 5.56 Å². The Hall–Kier alpha value is -2.34. The molecule has 0 spiro atoms. The van der Waals surface area contributed by atoms with E-state index in [1.165, 1.54) is 11.5 Å². The Kier molecular flexibility index (Phi) is 3.16. The number of hydrogen-bond donors (Lipinski definition) is 1. The summed E-state index contributed by atoms with van der Waals surface area (Å²) in [7, 11) is 4.00. The molecule has 23 heavy (non-hydrogen) atoms. The van der Waals surface area contributed by atoms with E-state index in [9.17, 15) is 9.59 Å². The van der Waals surface area contributed by atoms with Gasteiger partial charge in [0.2, 0.25) is 0 Å². The smallest absolute Gasteiger partial charge is 0.271 e. The van der Waals surface area contributed by atoms with E-state index in [-0.39, 0.29) is 16.4 Å². The molecule has 0 atom stereocenters. The maximum atomic E-state index is 12.4. The van der Waals surface area contributed by atoms with Crippen LogP contribution in [-0.4, -0.2) is 23.0 Å². The van der Waals surface area contributed by atoms with Crippen molar-refractivity contribution in [1.82, 2.24) is 8.94 Å². The lowest BCUT2D eigenvalue weighted by atomic mass is 10.1. The van der Waals surface area contributed by atoms with Crippen LogP contribution in [0.15, 0.2) is 39.9 Å². The molecule has 3 aromatic rings. The molecule has 1 aliphatic rings. The quantitative estimate of drug-likeness (QED) is 0.805. The number of nitrogens with zero attached hydrogens (tertiary/aromatic N) is 2. The second-order valence-corrected chi connectivity index (χ2v) is 6.94. The van der Waals surface area contributed by atoms with E-state index in [4.69, 9.17) is 0 Å². The third-order valence-electron chi connectivity index (χ3n) is 4.27. The number of H-pyrrole nitrogens is 1. The molecule has 1 fully saturated rings. The van der Waals surface area contributed by atoms with Crippen LogP contribution in [0.2, 0.25) is 0 Å². The highest BCUT2D eigenvalue weighted by molar-refractivity contribution is 7.12. The van der Waals surface area contributed by atoms with Crippen molar-refractivity contribution >= 4 is 27.4 Å². The van der Waals surface area contributed by atoms with Gasteiger partial charge in [0.05, 0.1) is 5.69 Å². The maximum Gasteiger partial charge on any atom is 0.271 e. The minimum absolute atomic E-state index is 0.203. The molecule has 2 heterocycles. The minimum atomic E-state index is -0.279. The average molecular weight is 327 g/mol. The van der Waals surface area contributed by atoms with Crippen molar-refractivity contribution in [1.29, 1.82) is 0 Å². The lowest BCUT2D eigenvalue weighted by molar-refractivity contribution is 0.780. The summed E-state index contributed by atoms with van der Waals surface area (Å²) in [4.78, 5) is 27.1. The summed E-state index contributed by atoms with van der Waals surface area (Å²) < 4.78 is 4.86. The number of hydrogen-bond acceptors (Lipinski definition) is 4. The second kappa shape index (κ2) is 5.09. The molecule has 1 aliphatic carbocycles. The summed E-state index contributed by atoms with van der Waals surface area (Å²) in [5, 5.41) is 0.288. The summed E-state index contributed by atoms with van der Waals surface area (Å²) >= 11 is 1.26. The lowest BCUT2D eigenvalue weighted by Crippen LogP contribution is -2.15. The van der Waals surface area contributed by atoms with Gasteiger partial charge in [-0.2, -0.15) is 0 Å². The van der Waals surface area contributed by atoms with Crippen molar-refractivity contribution in [2.75, 3.05) is 19.0 Å². The first kappa shape index (κ1) is 14.3. The van der Waals surface area contributed by atoms with Crippen LogP contribution in [0.4, 0.5) is 5.69 Å². The summed E-state index contributed by atoms with van der Waals surface area (Å²) in [6.45, 7) is 0.